The van der Waals surface area contributed by atoms with Gasteiger partial charge in [0.15, 0.2) is 0 Å². The van der Waals surface area contributed by atoms with E-state index >= 15 is 0 Å². The van der Waals surface area contributed by atoms with Crippen LogP contribution in [-0.2, 0) is 6.42 Å². The van der Waals surface area contributed by atoms with E-state index in [4.69, 9.17) is 5.73 Å². The Balaban J connectivity index is 2.64. The van der Waals surface area contributed by atoms with E-state index in [0.717, 1.165) is 15.1 Å². The van der Waals surface area contributed by atoms with Gasteiger partial charge in [0.25, 0.3) is 0 Å². The van der Waals surface area contributed by atoms with Crippen molar-refractivity contribution in [3.8, 4) is 0 Å². The Hall–Kier alpha value is 0.0700. The van der Waals surface area contributed by atoms with E-state index in [-0.39, 0.29) is 6.54 Å². The van der Waals surface area contributed by atoms with Crippen molar-refractivity contribution in [3.63, 3.8) is 0 Å². The molecule has 0 saturated heterocycles. The zero-order valence-electron chi connectivity index (χ0n) is 8.22. The van der Waals surface area contributed by atoms with Crippen molar-refractivity contribution in [2.24, 2.45) is 5.73 Å². The summed E-state index contributed by atoms with van der Waals surface area (Å²) in [6.45, 7) is 2.09. The number of hydrogen-bond acceptors (Lipinski definition) is 2. The van der Waals surface area contributed by atoms with Gasteiger partial charge < -0.3 is 5.73 Å². The Kier molecular flexibility index (Phi) is 4.54. The van der Waals surface area contributed by atoms with Gasteiger partial charge in [-0.1, -0.05) is 13.3 Å². The van der Waals surface area contributed by atoms with Crippen molar-refractivity contribution in [2.45, 2.75) is 31.9 Å². The normalized spacial score (nSPS) is 15.4. The molecule has 0 saturated carbocycles. The van der Waals surface area contributed by atoms with E-state index in [1.54, 1.807) is 11.3 Å². The Morgan fingerprint density at radius 3 is 2.71 bits per heavy atom. The minimum Gasteiger partial charge on any atom is -0.328 e. The van der Waals surface area contributed by atoms with Crippen LogP contribution in [0.3, 0.4) is 0 Å². The Morgan fingerprint density at radius 1 is 1.57 bits per heavy atom. The van der Waals surface area contributed by atoms with Crippen LogP contribution in [0.1, 0.15) is 24.6 Å². The molecule has 1 heterocycles. The van der Waals surface area contributed by atoms with Crippen LogP contribution >= 0.6 is 27.3 Å². The molecule has 0 radical (unpaired) electrons. The highest BCUT2D eigenvalue weighted by Crippen LogP contribution is 2.29. The van der Waals surface area contributed by atoms with E-state index in [9.17, 15) is 4.39 Å². The van der Waals surface area contributed by atoms with Crippen molar-refractivity contribution in [2.75, 3.05) is 6.54 Å². The summed E-state index contributed by atoms with van der Waals surface area (Å²) in [5.74, 6) is 0. The predicted molar refractivity (Wildman–Crippen MR) is 63.5 cm³/mol. The average molecular weight is 280 g/mol. The Morgan fingerprint density at radius 2 is 2.29 bits per heavy atom. The van der Waals surface area contributed by atoms with Crippen LogP contribution in [0.15, 0.2) is 15.9 Å². The molecule has 4 heteroatoms. The second kappa shape index (κ2) is 5.24. The second-order valence-electron chi connectivity index (χ2n) is 3.49. The average Bonchev–Trinajstić information content (AvgIpc) is 2.51. The van der Waals surface area contributed by atoms with Gasteiger partial charge in [0.1, 0.15) is 5.67 Å². The molecule has 0 aliphatic heterocycles. The quantitative estimate of drug-likeness (QED) is 0.877. The molecule has 0 bridgehead atoms. The lowest BCUT2D eigenvalue weighted by molar-refractivity contribution is 0.159. The topological polar surface area (TPSA) is 26.0 Å². The molecule has 14 heavy (non-hydrogen) atoms. The number of alkyl halides is 1. The van der Waals surface area contributed by atoms with Crippen molar-refractivity contribution in [3.05, 3.63) is 20.8 Å². The van der Waals surface area contributed by atoms with Gasteiger partial charge in [-0.2, -0.15) is 0 Å². The third-order valence-corrected chi connectivity index (χ3v) is 3.81. The third-order valence-electron chi connectivity index (χ3n) is 2.18. The minimum absolute atomic E-state index is 0.107. The van der Waals surface area contributed by atoms with Gasteiger partial charge in [-0.15, -0.1) is 11.3 Å². The highest BCUT2D eigenvalue weighted by atomic mass is 79.9. The summed E-state index contributed by atoms with van der Waals surface area (Å²) in [6.07, 6.45) is 1.81. The molecule has 0 aliphatic carbocycles. The largest absolute Gasteiger partial charge is 0.328 e. The highest BCUT2D eigenvalue weighted by molar-refractivity contribution is 9.11. The summed E-state index contributed by atoms with van der Waals surface area (Å²) in [4.78, 5) is 1.05. The molecule has 1 aromatic rings. The van der Waals surface area contributed by atoms with Crippen LogP contribution in [0.4, 0.5) is 4.39 Å². The van der Waals surface area contributed by atoms with Gasteiger partial charge in [-0.25, -0.2) is 4.39 Å². The first kappa shape index (κ1) is 12.1. The first-order chi connectivity index (χ1) is 6.59. The first-order valence-corrected chi connectivity index (χ1v) is 6.34. The molecular formula is C10H15BrFNS. The van der Waals surface area contributed by atoms with E-state index in [1.165, 1.54) is 0 Å². The van der Waals surface area contributed by atoms with Gasteiger partial charge in [0.05, 0.1) is 3.79 Å². The summed E-state index contributed by atoms with van der Waals surface area (Å²) in [7, 11) is 0. The first-order valence-electron chi connectivity index (χ1n) is 4.73. The minimum atomic E-state index is -1.22. The van der Waals surface area contributed by atoms with Gasteiger partial charge in [0, 0.05) is 17.8 Å². The molecule has 80 valence electrons. The molecule has 0 fully saturated rings. The maximum atomic E-state index is 14.1. The third kappa shape index (κ3) is 3.33. The summed E-state index contributed by atoms with van der Waals surface area (Å²) < 4.78 is 15.1. The predicted octanol–water partition coefficient (Wildman–Crippen LogP) is 3.52. The number of halogens is 2. The lowest BCUT2D eigenvalue weighted by atomic mass is 9.95. The van der Waals surface area contributed by atoms with Crippen LogP contribution in [0, 0.1) is 0 Å². The van der Waals surface area contributed by atoms with E-state index < -0.39 is 5.67 Å². The Bertz CT molecular complexity index is 289. The molecule has 1 nitrogen and oxygen atoms in total. The number of thiophene rings is 1. The standard InChI is InChI=1S/C10H15BrFNS/c1-2-5-10(12,7-13)6-8-3-4-9(11)14-8/h3-4H,2,5-7,13H2,1H3. The van der Waals surface area contributed by atoms with Crippen LogP contribution in [0.2, 0.25) is 0 Å². The van der Waals surface area contributed by atoms with Crippen LogP contribution in [0.25, 0.3) is 0 Å². The zero-order chi connectivity index (χ0) is 10.6. The monoisotopic (exact) mass is 279 g/mol. The molecule has 1 rings (SSSR count). The van der Waals surface area contributed by atoms with Crippen molar-refractivity contribution in [1.82, 2.24) is 0 Å². The lowest BCUT2D eigenvalue weighted by Crippen LogP contribution is -2.34. The summed E-state index contributed by atoms with van der Waals surface area (Å²) in [6, 6.07) is 3.90. The van der Waals surface area contributed by atoms with Gasteiger partial charge in [0.2, 0.25) is 0 Å². The van der Waals surface area contributed by atoms with Crippen LogP contribution in [-0.4, -0.2) is 12.2 Å². The van der Waals surface area contributed by atoms with Gasteiger partial charge in [-0.3, -0.25) is 0 Å². The van der Waals surface area contributed by atoms with Crippen molar-refractivity contribution in [1.29, 1.82) is 0 Å². The van der Waals surface area contributed by atoms with E-state index in [2.05, 4.69) is 15.9 Å². The summed E-state index contributed by atoms with van der Waals surface area (Å²) in [5.41, 5.74) is 4.24. The maximum Gasteiger partial charge on any atom is 0.128 e. The van der Waals surface area contributed by atoms with Gasteiger partial charge in [-0.05, 0) is 34.5 Å². The SMILES string of the molecule is CCCC(F)(CN)Cc1ccc(Br)s1. The van der Waals surface area contributed by atoms with E-state index in [0.29, 0.717) is 12.8 Å². The smallest absolute Gasteiger partial charge is 0.128 e. The summed E-state index contributed by atoms with van der Waals surface area (Å²) in [5, 5.41) is 0. The molecule has 0 aliphatic rings. The fourth-order valence-electron chi connectivity index (χ4n) is 1.47. The molecule has 1 atom stereocenters. The number of rotatable bonds is 5. The number of hydrogen-bond donors (Lipinski definition) is 1. The summed E-state index contributed by atoms with van der Waals surface area (Å²) >= 11 is 4.94. The molecule has 0 spiro atoms. The van der Waals surface area contributed by atoms with Crippen molar-refractivity contribution < 1.29 is 4.39 Å². The van der Waals surface area contributed by atoms with Crippen molar-refractivity contribution >= 4 is 27.3 Å². The molecule has 1 unspecified atom stereocenters. The molecule has 1 aromatic heterocycles. The van der Waals surface area contributed by atoms with Crippen LogP contribution < -0.4 is 5.73 Å². The number of nitrogens with two attached hydrogens (primary N) is 1. The molecule has 2 N–H and O–H groups in total. The van der Waals surface area contributed by atoms with Gasteiger partial charge >= 0.3 is 0 Å². The fraction of sp³-hybridized carbons (Fsp3) is 0.600. The van der Waals surface area contributed by atoms with Crippen LogP contribution in [0.5, 0.6) is 0 Å². The molecular weight excluding hydrogens is 265 g/mol. The maximum absolute atomic E-state index is 14.1. The van der Waals surface area contributed by atoms with E-state index in [1.807, 2.05) is 19.1 Å². The Labute approximate surface area is 96.6 Å². The second-order valence-corrected chi connectivity index (χ2v) is 6.04. The lowest BCUT2D eigenvalue weighted by Gasteiger charge is -2.22. The molecule has 0 amide bonds. The highest BCUT2D eigenvalue weighted by Gasteiger charge is 2.27. The fourth-order valence-corrected chi connectivity index (χ4v) is 3.08. The molecule has 0 aromatic carbocycles. The zero-order valence-corrected chi connectivity index (χ0v) is 10.6.